The SMILES string of the molecule is O=[N+]([O-])c1c(O)c(O)c2ccc3cccc4ccc1c2c34. The van der Waals surface area contributed by atoms with Crippen molar-refractivity contribution in [1.82, 2.24) is 0 Å². The van der Waals surface area contributed by atoms with Crippen LogP contribution < -0.4 is 0 Å². The van der Waals surface area contributed by atoms with Gasteiger partial charge >= 0.3 is 5.69 Å². The van der Waals surface area contributed by atoms with E-state index in [9.17, 15) is 20.3 Å². The van der Waals surface area contributed by atoms with Gasteiger partial charge in [0.2, 0.25) is 5.75 Å². The summed E-state index contributed by atoms with van der Waals surface area (Å²) in [6.45, 7) is 0. The largest absolute Gasteiger partial charge is 0.504 e. The molecule has 0 aromatic heterocycles. The maximum absolute atomic E-state index is 11.3. The first-order chi connectivity index (χ1) is 10.1. The number of hydrogen-bond acceptors (Lipinski definition) is 4. The summed E-state index contributed by atoms with van der Waals surface area (Å²) in [5, 5.41) is 35.4. The molecule has 0 aliphatic carbocycles. The molecule has 0 unspecified atom stereocenters. The maximum Gasteiger partial charge on any atom is 0.322 e. The van der Waals surface area contributed by atoms with Gasteiger partial charge in [-0.15, -0.1) is 0 Å². The van der Waals surface area contributed by atoms with Gasteiger partial charge < -0.3 is 10.2 Å². The average Bonchev–Trinajstić information content (AvgIpc) is 2.48. The summed E-state index contributed by atoms with van der Waals surface area (Å²) in [6, 6.07) is 12.6. The van der Waals surface area contributed by atoms with Crippen molar-refractivity contribution in [2.24, 2.45) is 0 Å². The molecule has 0 saturated carbocycles. The van der Waals surface area contributed by atoms with Crippen LogP contribution in [0.15, 0.2) is 42.5 Å². The van der Waals surface area contributed by atoms with Crippen molar-refractivity contribution in [2.45, 2.75) is 0 Å². The number of aromatic hydroxyl groups is 2. The van der Waals surface area contributed by atoms with Gasteiger partial charge in [-0.05, 0) is 28.3 Å². The van der Waals surface area contributed by atoms with Crippen LogP contribution in [-0.4, -0.2) is 15.1 Å². The third kappa shape index (κ3) is 1.34. The molecule has 4 rings (SSSR count). The number of rotatable bonds is 1. The van der Waals surface area contributed by atoms with Crippen molar-refractivity contribution in [1.29, 1.82) is 0 Å². The molecule has 0 aliphatic heterocycles. The van der Waals surface area contributed by atoms with E-state index in [0.29, 0.717) is 16.2 Å². The second kappa shape index (κ2) is 3.73. The van der Waals surface area contributed by atoms with E-state index in [1.54, 1.807) is 18.2 Å². The highest BCUT2D eigenvalue weighted by Crippen LogP contribution is 2.48. The van der Waals surface area contributed by atoms with Crippen LogP contribution in [-0.2, 0) is 0 Å². The van der Waals surface area contributed by atoms with Gasteiger partial charge in [0.15, 0.2) is 5.75 Å². The van der Waals surface area contributed by atoms with Crippen LogP contribution in [0, 0.1) is 10.1 Å². The lowest BCUT2D eigenvalue weighted by molar-refractivity contribution is -0.384. The van der Waals surface area contributed by atoms with Gasteiger partial charge in [-0.1, -0.05) is 30.3 Å². The van der Waals surface area contributed by atoms with Gasteiger partial charge in [0.25, 0.3) is 0 Å². The molecule has 4 aromatic rings. The normalized spacial score (nSPS) is 11.6. The van der Waals surface area contributed by atoms with Crippen LogP contribution >= 0.6 is 0 Å². The summed E-state index contributed by atoms with van der Waals surface area (Å²) < 4.78 is 0. The molecule has 2 N–H and O–H groups in total. The Morgan fingerprint density at radius 2 is 1.43 bits per heavy atom. The minimum atomic E-state index is -0.689. The third-order valence-corrected chi connectivity index (χ3v) is 3.92. The highest BCUT2D eigenvalue weighted by atomic mass is 16.6. The van der Waals surface area contributed by atoms with Crippen molar-refractivity contribution in [3.63, 3.8) is 0 Å². The van der Waals surface area contributed by atoms with E-state index in [-0.39, 0.29) is 0 Å². The molecule has 5 heteroatoms. The molecule has 0 atom stereocenters. The van der Waals surface area contributed by atoms with Crippen molar-refractivity contribution >= 4 is 38.0 Å². The number of phenols is 2. The lowest BCUT2D eigenvalue weighted by Crippen LogP contribution is -1.93. The molecule has 0 aliphatic rings. The average molecular weight is 279 g/mol. The zero-order chi connectivity index (χ0) is 14.7. The van der Waals surface area contributed by atoms with Gasteiger partial charge in [0, 0.05) is 10.8 Å². The highest BCUT2D eigenvalue weighted by molar-refractivity contribution is 6.26. The molecule has 0 saturated heterocycles. The van der Waals surface area contributed by atoms with E-state index in [0.717, 1.165) is 16.2 Å². The summed E-state index contributed by atoms with van der Waals surface area (Å²) in [4.78, 5) is 10.6. The standard InChI is InChI=1S/C16H9NO4/c18-15-11-7-5-9-3-1-2-8-4-6-10(13(11)12(8)9)14(16(15)19)17(20)21/h1-7,18-19H. The summed E-state index contributed by atoms with van der Waals surface area (Å²) in [6.07, 6.45) is 0. The Morgan fingerprint density at radius 1 is 0.810 bits per heavy atom. The van der Waals surface area contributed by atoms with Gasteiger partial charge in [-0.2, -0.15) is 0 Å². The fourth-order valence-electron chi connectivity index (χ4n) is 3.03. The van der Waals surface area contributed by atoms with Crippen molar-refractivity contribution in [2.75, 3.05) is 0 Å². The summed E-state index contributed by atoms with van der Waals surface area (Å²) >= 11 is 0. The Hall–Kier alpha value is -3.08. The van der Waals surface area contributed by atoms with E-state index >= 15 is 0 Å². The summed E-state index contributed by atoms with van der Waals surface area (Å²) in [5.41, 5.74) is -0.460. The molecule has 4 aromatic carbocycles. The van der Waals surface area contributed by atoms with E-state index in [1.165, 1.54) is 0 Å². The van der Waals surface area contributed by atoms with Crippen LogP contribution in [0.2, 0.25) is 0 Å². The minimum Gasteiger partial charge on any atom is -0.504 e. The molecule has 0 radical (unpaired) electrons. The van der Waals surface area contributed by atoms with Crippen LogP contribution in [0.1, 0.15) is 0 Å². The minimum absolute atomic E-state index is 0.328. The summed E-state index contributed by atoms with van der Waals surface area (Å²) in [5.74, 6) is -1.14. The van der Waals surface area contributed by atoms with Gasteiger partial charge in [-0.25, -0.2) is 0 Å². The molecule has 0 fully saturated rings. The zero-order valence-corrected chi connectivity index (χ0v) is 10.7. The first-order valence-corrected chi connectivity index (χ1v) is 6.35. The monoisotopic (exact) mass is 279 g/mol. The fraction of sp³-hybridized carbons (Fsp3) is 0. The van der Waals surface area contributed by atoms with Crippen LogP contribution in [0.5, 0.6) is 11.5 Å². The van der Waals surface area contributed by atoms with Crippen LogP contribution in [0.3, 0.4) is 0 Å². The van der Waals surface area contributed by atoms with E-state index in [4.69, 9.17) is 0 Å². The number of nitro benzene ring substituents is 1. The number of nitrogens with zero attached hydrogens (tertiary/aromatic N) is 1. The molecule has 0 spiro atoms. The molecule has 21 heavy (non-hydrogen) atoms. The first-order valence-electron chi connectivity index (χ1n) is 6.35. The second-order valence-electron chi connectivity index (χ2n) is 4.98. The predicted molar refractivity (Wildman–Crippen MR) is 80.1 cm³/mol. The lowest BCUT2D eigenvalue weighted by atomic mass is 9.92. The van der Waals surface area contributed by atoms with E-state index in [1.807, 2.05) is 24.3 Å². The smallest absolute Gasteiger partial charge is 0.322 e. The Kier molecular flexibility index (Phi) is 2.08. The van der Waals surface area contributed by atoms with E-state index in [2.05, 4.69) is 0 Å². The molecule has 5 nitrogen and oxygen atoms in total. The number of phenolic OH excluding ortho intramolecular Hbond substituents is 2. The second-order valence-corrected chi connectivity index (χ2v) is 4.98. The Labute approximate surface area is 118 Å². The number of nitro groups is 1. The number of benzene rings is 4. The molecule has 0 amide bonds. The maximum atomic E-state index is 11.3. The van der Waals surface area contributed by atoms with Gasteiger partial charge in [0.05, 0.1) is 10.3 Å². The molecule has 0 bridgehead atoms. The third-order valence-electron chi connectivity index (χ3n) is 3.92. The van der Waals surface area contributed by atoms with Crippen molar-refractivity contribution in [3.8, 4) is 11.5 Å². The molecule has 0 heterocycles. The van der Waals surface area contributed by atoms with Crippen molar-refractivity contribution in [3.05, 3.63) is 52.6 Å². The topological polar surface area (TPSA) is 83.6 Å². The molecular weight excluding hydrogens is 270 g/mol. The lowest BCUT2D eigenvalue weighted by Gasteiger charge is -2.12. The Morgan fingerprint density at radius 3 is 2.05 bits per heavy atom. The van der Waals surface area contributed by atoms with E-state index < -0.39 is 22.1 Å². The van der Waals surface area contributed by atoms with Crippen LogP contribution in [0.4, 0.5) is 5.69 Å². The first kappa shape index (κ1) is 11.7. The molecule has 102 valence electrons. The highest BCUT2D eigenvalue weighted by Gasteiger charge is 2.26. The Balaban J connectivity index is 2.43. The predicted octanol–water partition coefficient (Wildman–Crippen LogP) is 3.90. The van der Waals surface area contributed by atoms with Gasteiger partial charge in [0.1, 0.15) is 0 Å². The zero-order valence-electron chi connectivity index (χ0n) is 10.7. The van der Waals surface area contributed by atoms with Gasteiger partial charge in [-0.3, -0.25) is 10.1 Å². The fourth-order valence-corrected chi connectivity index (χ4v) is 3.03. The van der Waals surface area contributed by atoms with Crippen LogP contribution in [0.25, 0.3) is 32.3 Å². The number of hydrogen-bond donors (Lipinski definition) is 2. The van der Waals surface area contributed by atoms with Crippen molar-refractivity contribution < 1.29 is 15.1 Å². The Bertz CT molecular complexity index is 1020. The summed E-state index contributed by atoms with van der Waals surface area (Å²) in [7, 11) is 0. The molecular formula is C16H9NO4. The quantitative estimate of drug-likeness (QED) is 0.239.